The molecule has 0 aromatic heterocycles. The lowest BCUT2D eigenvalue weighted by atomic mass is 10.5. The Bertz CT molecular complexity index is 149. The molecule has 1 unspecified atom stereocenters. The topological polar surface area (TPSA) is 87.0 Å². The van der Waals surface area contributed by atoms with Crippen LogP contribution < -0.4 is 0 Å². The molecule has 62 valence electrons. The van der Waals surface area contributed by atoms with Crippen LogP contribution in [0.5, 0.6) is 0 Å². The van der Waals surface area contributed by atoms with Crippen LogP contribution in [-0.4, -0.2) is 20.0 Å². The number of hydrogen-bond acceptors (Lipinski definition) is 3. The highest BCUT2D eigenvalue weighted by atomic mass is 31.2. The van der Waals surface area contributed by atoms with Crippen molar-refractivity contribution in [2.45, 2.75) is 19.2 Å². The quantitative estimate of drug-likeness (QED) is 0.558. The average Bonchev–Trinajstić information content (AvgIpc) is 1.61. The van der Waals surface area contributed by atoms with Crippen LogP contribution in [0, 0.1) is 0 Å². The Kier molecular flexibility index (Phi) is 3.43. The predicted octanol–water partition coefficient (Wildman–Crippen LogP) is 0.418. The van der Waals surface area contributed by atoms with Gasteiger partial charge in [-0.3, -0.25) is 4.57 Å². The van der Waals surface area contributed by atoms with Crippen LogP contribution in [0.3, 0.4) is 0 Å². The highest BCUT2D eigenvalue weighted by molar-refractivity contribution is 7.53. The molecule has 0 aromatic carbocycles. The lowest BCUT2D eigenvalue weighted by Crippen LogP contribution is -2.20. The van der Waals surface area contributed by atoms with Crippen molar-refractivity contribution >= 4 is 16.6 Å². The number of hydrogen-bond donors (Lipinski definition) is 3. The zero-order chi connectivity index (χ0) is 8.41. The fraction of sp³-hybridized carbons (Fsp3) is 1.00. The van der Waals surface area contributed by atoms with Gasteiger partial charge in [0.2, 0.25) is 0 Å². The fourth-order valence-corrected chi connectivity index (χ4v) is 0.993. The number of rotatable bonds is 3. The Balaban J connectivity index is 4.25. The Hall–Kier alpha value is 0.500. The van der Waals surface area contributed by atoms with E-state index in [1.807, 2.05) is 0 Å². The van der Waals surface area contributed by atoms with E-state index in [9.17, 15) is 4.57 Å². The molecule has 0 aliphatic heterocycles. The predicted molar refractivity (Wildman–Crippen MR) is 37.7 cm³/mol. The van der Waals surface area contributed by atoms with Gasteiger partial charge in [0.05, 0.1) is 0 Å². The van der Waals surface area contributed by atoms with Crippen LogP contribution in [0.1, 0.15) is 13.8 Å². The summed E-state index contributed by atoms with van der Waals surface area (Å²) in [7, 11) is -5.17. The molecule has 0 aliphatic carbocycles. The van der Waals surface area contributed by atoms with Gasteiger partial charge in [-0.15, -0.1) is 0 Å². The Labute approximate surface area is 60.5 Å². The van der Waals surface area contributed by atoms with Crippen molar-refractivity contribution in [3.63, 3.8) is 0 Å². The van der Waals surface area contributed by atoms with Gasteiger partial charge >= 0.3 is 7.60 Å². The van der Waals surface area contributed by atoms with Gasteiger partial charge in [-0.1, -0.05) is 0 Å². The zero-order valence-corrected chi connectivity index (χ0v) is 7.50. The van der Waals surface area contributed by atoms with E-state index in [0.717, 1.165) is 0 Å². The van der Waals surface area contributed by atoms with Crippen molar-refractivity contribution in [1.29, 1.82) is 0 Å². The van der Waals surface area contributed by atoms with Crippen molar-refractivity contribution in [3.05, 3.63) is 0 Å². The summed E-state index contributed by atoms with van der Waals surface area (Å²) < 4.78 is 14.9. The van der Waals surface area contributed by atoms with Gasteiger partial charge in [0.15, 0.2) is 14.4 Å². The molecule has 5 nitrogen and oxygen atoms in total. The lowest BCUT2D eigenvalue weighted by molar-refractivity contribution is 0.160. The largest absolute Gasteiger partial charge is 0.356 e. The smallest absolute Gasteiger partial charge is 0.352 e. The molecule has 0 aliphatic rings. The molecule has 0 radical (unpaired) electrons. The van der Waals surface area contributed by atoms with E-state index in [1.165, 1.54) is 13.8 Å². The third-order valence-electron chi connectivity index (χ3n) is 0.997. The molecule has 0 rings (SSSR count). The molecule has 3 N–H and O–H groups in total. The van der Waals surface area contributed by atoms with E-state index in [0.29, 0.717) is 0 Å². The van der Waals surface area contributed by atoms with Gasteiger partial charge in [-0.25, -0.2) is 0 Å². The summed E-state index contributed by atoms with van der Waals surface area (Å²) in [6.45, 7) is 2.44. The summed E-state index contributed by atoms with van der Waals surface area (Å²) in [5.41, 5.74) is 0. The highest BCUT2D eigenvalue weighted by Crippen LogP contribution is 2.52. The normalized spacial score (nSPS) is 14.9. The summed E-state index contributed by atoms with van der Waals surface area (Å²) in [5.74, 6) is 0. The SMILES string of the molecule is CC(C)(OPO)P(=O)(O)O. The summed E-state index contributed by atoms with van der Waals surface area (Å²) in [4.78, 5) is 25.3. The molecule has 0 saturated carbocycles. The van der Waals surface area contributed by atoms with Crippen molar-refractivity contribution in [3.8, 4) is 0 Å². The third-order valence-corrected chi connectivity index (χ3v) is 3.26. The van der Waals surface area contributed by atoms with Gasteiger partial charge in [0.25, 0.3) is 0 Å². The van der Waals surface area contributed by atoms with Crippen LogP contribution in [0.15, 0.2) is 0 Å². The lowest BCUT2D eigenvalue weighted by Gasteiger charge is -2.23. The maximum absolute atomic E-state index is 10.5. The van der Waals surface area contributed by atoms with E-state index in [1.54, 1.807) is 0 Å². The van der Waals surface area contributed by atoms with Crippen molar-refractivity contribution in [2.75, 3.05) is 0 Å². The molecular weight excluding hydrogens is 178 g/mol. The molecule has 0 aromatic rings. The molecule has 0 amide bonds. The first-order chi connectivity index (χ1) is 4.31. The standard InChI is InChI=1S/C3H10O5P2/c1-3(2,8-9-4)10(5,6)7/h4,9H,1-2H3,(H2,5,6,7). The van der Waals surface area contributed by atoms with Gasteiger partial charge in [0.1, 0.15) is 0 Å². The second-order valence-electron chi connectivity index (χ2n) is 2.18. The Morgan fingerprint density at radius 3 is 2.00 bits per heavy atom. The summed E-state index contributed by atoms with van der Waals surface area (Å²) in [6.07, 6.45) is 0. The van der Waals surface area contributed by atoms with E-state index in [-0.39, 0.29) is 0 Å². The van der Waals surface area contributed by atoms with E-state index in [2.05, 4.69) is 4.52 Å². The van der Waals surface area contributed by atoms with E-state index >= 15 is 0 Å². The van der Waals surface area contributed by atoms with Gasteiger partial charge in [-0.05, 0) is 13.8 Å². The second-order valence-corrected chi connectivity index (χ2v) is 4.74. The molecule has 10 heavy (non-hydrogen) atoms. The van der Waals surface area contributed by atoms with Crippen molar-refractivity contribution < 1.29 is 23.8 Å². The summed E-state index contributed by atoms with van der Waals surface area (Å²) >= 11 is 0. The molecule has 0 heterocycles. The molecule has 0 spiro atoms. The Morgan fingerprint density at radius 1 is 1.50 bits per heavy atom. The first kappa shape index (κ1) is 10.5. The fourth-order valence-electron chi connectivity index (χ4n) is 0.171. The average molecular weight is 188 g/mol. The van der Waals surface area contributed by atoms with Gasteiger partial charge in [-0.2, -0.15) is 0 Å². The Morgan fingerprint density at radius 2 is 1.90 bits per heavy atom. The molecule has 0 fully saturated rings. The minimum Gasteiger partial charge on any atom is -0.352 e. The minimum absolute atomic E-state index is 0.909. The molecular formula is C3H10O5P2. The maximum Gasteiger partial charge on any atom is 0.356 e. The van der Waals surface area contributed by atoms with Crippen LogP contribution in [0.2, 0.25) is 0 Å². The van der Waals surface area contributed by atoms with E-state index in [4.69, 9.17) is 14.7 Å². The highest BCUT2D eigenvalue weighted by Gasteiger charge is 2.38. The summed E-state index contributed by atoms with van der Waals surface area (Å²) in [6, 6.07) is 0. The van der Waals surface area contributed by atoms with Crippen molar-refractivity contribution in [1.82, 2.24) is 0 Å². The van der Waals surface area contributed by atoms with Crippen LogP contribution in [0.25, 0.3) is 0 Å². The molecule has 0 bridgehead atoms. The molecule has 1 atom stereocenters. The van der Waals surface area contributed by atoms with Gasteiger partial charge in [0, 0.05) is 0 Å². The minimum atomic E-state index is -4.26. The van der Waals surface area contributed by atoms with Crippen molar-refractivity contribution in [2.24, 2.45) is 0 Å². The molecule has 0 saturated heterocycles. The van der Waals surface area contributed by atoms with Crippen LogP contribution >= 0.6 is 16.6 Å². The first-order valence-electron chi connectivity index (χ1n) is 2.44. The molecule has 7 heteroatoms. The first-order valence-corrected chi connectivity index (χ1v) is 4.91. The van der Waals surface area contributed by atoms with Gasteiger partial charge < -0.3 is 19.2 Å². The monoisotopic (exact) mass is 188 g/mol. The zero-order valence-electron chi connectivity index (χ0n) is 5.61. The maximum atomic E-state index is 10.5. The van der Waals surface area contributed by atoms with E-state index < -0.39 is 22.0 Å². The third kappa shape index (κ3) is 2.62. The second kappa shape index (κ2) is 3.26. The summed E-state index contributed by atoms with van der Waals surface area (Å²) in [5, 5.41) is -1.58. The van der Waals surface area contributed by atoms with Crippen LogP contribution in [-0.2, 0) is 9.09 Å². The van der Waals surface area contributed by atoms with Crippen LogP contribution in [0.4, 0.5) is 0 Å².